The number of carbonyl (C=O) groups is 2. The zero-order chi connectivity index (χ0) is 13.7. The molecule has 0 radical (unpaired) electrons. The van der Waals surface area contributed by atoms with Gasteiger partial charge in [-0.05, 0) is 24.6 Å². The number of nitrogens with one attached hydrogen (secondary N) is 1. The highest BCUT2D eigenvalue weighted by Crippen LogP contribution is 2.22. The highest BCUT2D eigenvalue weighted by Gasteiger charge is 2.15. The lowest BCUT2D eigenvalue weighted by atomic mass is 10.1. The lowest BCUT2D eigenvalue weighted by Gasteiger charge is -2.11. The normalized spacial score (nSPS) is 11.9. The number of aromatic hydroxyl groups is 1. The number of anilines is 1. The molecule has 0 fully saturated rings. The second-order valence-corrected chi connectivity index (χ2v) is 4.45. The van der Waals surface area contributed by atoms with Crippen LogP contribution >= 0.6 is 12.6 Å². The minimum Gasteiger partial charge on any atom is -0.507 e. The topological polar surface area (TPSA) is 86.6 Å². The number of carboxylic acid groups (broad SMARTS) is 1. The number of benzene rings is 1. The van der Waals surface area contributed by atoms with E-state index in [1.807, 2.05) is 6.92 Å². The van der Waals surface area contributed by atoms with E-state index in [2.05, 4.69) is 17.9 Å². The highest BCUT2D eigenvalue weighted by atomic mass is 32.1. The summed E-state index contributed by atoms with van der Waals surface area (Å²) in [7, 11) is 0. The first kappa shape index (κ1) is 14.4. The zero-order valence-corrected chi connectivity index (χ0v) is 10.8. The average Bonchev–Trinajstić information content (AvgIpc) is 2.31. The molecule has 0 aliphatic carbocycles. The van der Waals surface area contributed by atoms with Crippen molar-refractivity contribution in [3.63, 3.8) is 0 Å². The summed E-state index contributed by atoms with van der Waals surface area (Å²) in [4.78, 5) is 22.5. The van der Waals surface area contributed by atoms with Gasteiger partial charge in [0.1, 0.15) is 11.3 Å². The summed E-state index contributed by atoms with van der Waals surface area (Å²) < 4.78 is 0. The van der Waals surface area contributed by atoms with E-state index in [0.717, 1.165) is 6.42 Å². The van der Waals surface area contributed by atoms with Crippen molar-refractivity contribution in [3.05, 3.63) is 23.8 Å². The van der Waals surface area contributed by atoms with Gasteiger partial charge in [0, 0.05) is 5.69 Å². The van der Waals surface area contributed by atoms with Crippen LogP contribution in [0.3, 0.4) is 0 Å². The van der Waals surface area contributed by atoms with Crippen LogP contribution in [0.4, 0.5) is 5.69 Å². The molecule has 1 amide bonds. The third-order valence-corrected chi connectivity index (χ3v) is 2.85. The second-order valence-electron chi connectivity index (χ2n) is 3.83. The Hall–Kier alpha value is -1.69. The summed E-state index contributed by atoms with van der Waals surface area (Å²) in [6.07, 6.45) is 1.47. The molecule has 0 saturated carbocycles. The predicted octanol–water partition coefficient (Wildman–Crippen LogP) is 2.13. The van der Waals surface area contributed by atoms with Crippen LogP contribution in [0.15, 0.2) is 18.2 Å². The molecule has 1 unspecified atom stereocenters. The van der Waals surface area contributed by atoms with E-state index in [4.69, 9.17) is 5.11 Å². The molecule has 3 N–H and O–H groups in total. The summed E-state index contributed by atoms with van der Waals surface area (Å²) in [5.41, 5.74) is 0.0735. The Labute approximate surface area is 110 Å². The Morgan fingerprint density at radius 3 is 2.67 bits per heavy atom. The van der Waals surface area contributed by atoms with Gasteiger partial charge < -0.3 is 15.5 Å². The SMILES string of the molecule is CCCC(S)C(=O)Nc1ccc(O)c(C(=O)O)c1. The number of hydrogen-bond donors (Lipinski definition) is 4. The summed E-state index contributed by atoms with van der Waals surface area (Å²) in [6, 6.07) is 3.88. The molecule has 1 atom stereocenters. The van der Waals surface area contributed by atoms with Crippen LogP contribution in [0.5, 0.6) is 5.75 Å². The molecule has 0 aliphatic heterocycles. The highest BCUT2D eigenvalue weighted by molar-refractivity contribution is 7.81. The van der Waals surface area contributed by atoms with Crippen LogP contribution in [0.1, 0.15) is 30.1 Å². The molecule has 0 heterocycles. The van der Waals surface area contributed by atoms with E-state index in [9.17, 15) is 14.7 Å². The molecular formula is C12H15NO4S. The fourth-order valence-corrected chi connectivity index (χ4v) is 1.74. The van der Waals surface area contributed by atoms with Gasteiger partial charge >= 0.3 is 5.97 Å². The Balaban J connectivity index is 2.82. The van der Waals surface area contributed by atoms with Crippen LogP contribution in [0, 0.1) is 0 Å². The third-order valence-electron chi connectivity index (χ3n) is 2.36. The van der Waals surface area contributed by atoms with Gasteiger partial charge in [0.25, 0.3) is 0 Å². The molecular weight excluding hydrogens is 254 g/mol. The van der Waals surface area contributed by atoms with E-state index in [1.54, 1.807) is 0 Å². The van der Waals surface area contributed by atoms with E-state index >= 15 is 0 Å². The molecule has 1 aromatic rings. The first-order chi connectivity index (χ1) is 8.45. The van der Waals surface area contributed by atoms with Crippen molar-refractivity contribution in [2.45, 2.75) is 25.0 Å². The van der Waals surface area contributed by atoms with Crippen LogP contribution in [-0.2, 0) is 4.79 Å². The van der Waals surface area contributed by atoms with Gasteiger partial charge in [-0.15, -0.1) is 0 Å². The summed E-state index contributed by atoms with van der Waals surface area (Å²) in [5.74, 6) is -1.88. The van der Waals surface area contributed by atoms with E-state index in [1.165, 1.54) is 18.2 Å². The number of amides is 1. The summed E-state index contributed by atoms with van der Waals surface area (Å²) in [6.45, 7) is 1.94. The van der Waals surface area contributed by atoms with Crippen molar-refractivity contribution in [3.8, 4) is 5.75 Å². The maximum Gasteiger partial charge on any atom is 0.339 e. The van der Waals surface area contributed by atoms with E-state index < -0.39 is 11.2 Å². The minimum absolute atomic E-state index is 0.251. The van der Waals surface area contributed by atoms with Crippen LogP contribution in [-0.4, -0.2) is 27.3 Å². The van der Waals surface area contributed by atoms with Crippen LogP contribution < -0.4 is 5.32 Å². The lowest BCUT2D eigenvalue weighted by Crippen LogP contribution is -2.23. The van der Waals surface area contributed by atoms with Crippen molar-refractivity contribution in [2.75, 3.05) is 5.32 Å². The quantitative estimate of drug-likeness (QED) is 0.487. The van der Waals surface area contributed by atoms with Crippen molar-refractivity contribution in [1.29, 1.82) is 0 Å². The summed E-state index contributed by atoms with van der Waals surface area (Å²) in [5, 5.41) is 20.3. The number of hydrogen-bond acceptors (Lipinski definition) is 4. The van der Waals surface area contributed by atoms with E-state index in [0.29, 0.717) is 12.1 Å². The van der Waals surface area contributed by atoms with Crippen molar-refractivity contribution in [1.82, 2.24) is 0 Å². The van der Waals surface area contributed by atoms with Crippen molar-refractivity contribution in [2.24, 2.45) is 0 Å². The summed E-state index contributed by atoms with van der Waals surface area (Å²) >= 11 is 4.14. The van der Waals surface area contributed by atoms with Gasteiger partial charge in [-0.2, -0.15) is 12.6 Å². The maximum absolute atomic E-state index is 11.7. The molecule has 0 spiro atoms. The largest absolute Gasteiger partial charge is 0.507 e. The number of carbonyl (C=O) groups excluding carboxylic acids is 1. The molecule has 0 aliphatic rings. The molecule has 1 aromatic carbocycles. The molecule has 0 aromatic heterocycles. The van der Waals surface area contributed by atoms with Crippen molar-refractivity contribution >= 4 is 30.2 Å². The van der Waals surface area contributed by atoms with Gasteiger partial charge in [0.15, 0.2) is 0 Å². The van der Waals surface area contributed by atoms with Crippen LogP contribution in [0.25, 0.3) is 0 Å². The standard InChI is InChI=1S/C12H15NO4S/c1-2-3-10(18)11(15)13-7-4-5-9(14)8(6-7)12(16)17/h4-6,10,14,18H,2-3H2,1H3,(H,13,15)(H,16,17). The Morgan fingerprint density at radius 2 is 2.11 bits per heavy atom. The maximum atomic E-state index is 11.7. The first-order valence-corrected chi connectivity index (χ1v) is 6.02. The van der Waals surface area contributed by atoms with Gasteiger partial charge in [0.05, 0.1) is 5.25 Å². The number of phenols is 1. The smallest absolute Gasteiger partial charge is 0.339 e. The van der Waals surface area contributed by atoms with Gasteiger partial charge in [-0.3, -0.25) is 4.79 Å². The predicted molar refractivity (Wildman–Crippen MR) is 71.4 cm³/mol. The Morgan fingerprint density at radius 1 is 1.44 bits per heavy atom. The number of rotatable bonds is 5. The van der Waals surface area contributed by atoms with Crippen molar-refractivity contribution < 1.29 is 19.8 Å². The number of aromatic carboxylic acids is 1. The average molecular weight is 269 g/mol. The molecule has 0 bridgehead atoms. The second kappa shape index (κ2) is 6.30. The minimum atomic E-state index is -1.25. The first-order valence-electron chi connectivity index (χ1n) is 5.51. The lowest BCUT2D eigenvalue weighted by molar-refractivity contribution is -0.115. The van der Waals surface area contributed by atoms with Crippen LogP contribution in [0.2, 0.25) is 0 Å². The van der Waals surface area contributed by atoms with Gasteiger partial charge in [0.2, 0.25) is 5.91 Å². The molecule has 18 heavy (non-hydrogen) atoms. The molecule has 1 rings (SSSR count). The number of thiol groups is 1. The monoisotopic (exact) mass is 269 g/mol. The van der Waals surface area contributed by atoms with Gasteiger partial charge in [-0.25, -0.2) is 4.79 Å². The molecule has 5 nitrogen and oxygen atoms in total. The zero-order valence-electron chi connectivity index (χ0n) is 9.88. The molecule has 6 heteroatoms. The Bertz CT molecular complexity index is 461. The third kappa shape index (κ3) is 3.66. The Kier molecular flexibility index (Phi) is 5.03. The van der Waals surface area contributed by atoms with E-state index in [-0.39, 0.29) is 17.2 Å². The fourth-order valence-electron chi connectivity index (χ4n) is 1.42. The fraction of sp³-hybridized carbons (Fsp3) is 0.333. The number of carboxylic acids is 1. The van der Waals surface area contributed by atoms with Gasteiger partial charge in [-0.1, -0.05) is 13.3 Å². The molecule has 98 valence electrons. The molecule has 0 saturated heterocycles.